The van der Waals surface area contributed by atoms with Crippen LogP contribution in [0.4, 0.5) is 14.9 Å². The summed E-state index contributed by atoms with van der Waals surface area (Å²) in [5, 5.41) is 2.80. The molecule has 0 atom stereocenters. The van der Waals surface area contributed by atoms with Crippen LogP contribution in [0.3, 0.4) is 0 Å². The monoisotopic (exact) mass is 638 g/mol. The Morgan fingerprint density at radius 3 is 2.53 bits per heavy atom. The summed E-state index contributed by atoms with van der Waals surface area (Å²) >= 11 is 16.2. The highest BCUT2D eigenvalue weighted by molar-refractivity contribution is 9.10. The summed E-state index contributed by atoms with van der Waals surface area (Å²) in [7, 11) is 1.48. The first-order valence-electron chi connectivity index (χ1n) is 10.9. The van der Waals surface area contributed by atoms with E-state index in [1.165, 1.54) is 37.5 Å². The fourth-order valence-electron chi connectivity index (χ4n) is 3.41. The van der Waals surface area contributed by atoms with Crippen LogP contribution in [-0.2, 0) is 16.2 Å². The van der Waals surface area contributed by atoms with Gasteiger partial charge in [-0.25, -0.2) is 4.39 Å². The number of thioether (sulfide) groups is 1. The van der Waals surface area contributed by atoms with E-state index < -0.39 is 29.4 Å². The number of amides is 3. The standard InChI is InChI=1S/C26H18BrCl2FN2O5S/c1-36-21-10-15(8-18(27)24(21)37-13-14-2-7-19(28)20(29)9-14)11-22-25(34)32(26(35)38-22)12-23(33)31-17-5-3-16(30)4-6-17/h2-11H,12-13H2,1H3,(H,31,33)/b22-11-. The molecule has 0 bridgehead atoms. The van der Waals surface area contributed by atoms with Crippen LogP contribution >= 0.6 is 50.9 Å². The summed E-state index contributed by atoms with van der Waals surface area (Å²) in [6, 6.07) is 13.7. The molecule has 0 saturated carbocycles. The second kappa shape index (κ2) is 12.2. The summed E-state index contributed by atoms with van der Waals surface area (Å²) < 4.78 is 25.0. The first kappa shape index (κ1) is 28.0. The van der Waals surface area contributed by atoms with Gasteiger partial charge >= 0.3 is 0 Å². The van der Waals surface area contributed by atoms with Gasteiger partial charge in [0, 0.05) is 5.69 Å². The molecule has 1 fully saturated rings. The molecule has 3 aromatic rings. The first-order chi connectivity index (χ1) is 18.1. The van der Waals surface area contributed by atoms with Gasteiger partial charge in [0.15, 0.2) is 11.5 Å². The molecule has 1 N–H and O–H groups in total. The Morgan fingerprint density at radius 1 is 1.11 bits per heavy atom. The molecule has 196 valence electrons. The summed E-state index contributed by atoms with van der Waals surface area (Å²) in [6.45, 7) is -0.280. The van der Waals surface area contributed by atoms with Crippen LogP contribution in [0.2, 0.25) is 10.0 Å². The lowest BCUT2D eigenvalue weighted by atomic mass is 10.1. The van der Waals surface area contributed by atoms with Crippen molar-refractivity contribution in [3.63, 3.8) is 0 Å². The second-order valence-corrected chi connectivity index (χ2v) is 10.6. The highest BCUT2D eigenvalue weighted by atomic mass is 79.9. The van der Waals surface area contributed by atoms with Crippen LogP contribution in [-0.4, -0.2) is 35.6 Å². The average molecular weight is 640 g/mol. The number of nitrogens with one attached hydrogen (secondary N) is 1. The van der Waals surface area contributed by atoms with Gasteiger partial charge in [-0.15, -0.1) is 0 Å². The number of imide groups is 1. The van der Waals surface area contributed by atoms with E-state index >= 15 is 0 Å². The molecule has 3 aromatic carbocycles. The van der Waals surface area contributed by atoms with E-state index in [4.69, 9.17) is 32.7 Å². The third kappa shape index (κ3) is 6.68. The molecule has 1 aliphatic heterocycles. The Hall–Kier alpha value is -3.05. The van der Waals surface area contributed by atoms with E-state index in [2.05, 4.69) is 21.2 Å². The van der Waals surface area contributed by atoms with Gasteiger partial charge in [-0.05, 0) is 93.4 Å². The highest BCUT2D eigenvalue weighted by Gasteiger charge is 2.36. The number of carbonyl (C=O) groups is 3. The number of carbonyl (C=O) groups excluding carboxylic acids is 3. The number of hydrogen-bond acceptors (Lipinski definition) is 6. The van der Waals surface area contributed by atoms with Gasteiger partial charge < -0.3 is 14.8 Å². The summed E-state index contributed by atoms with van der Waals surface area (Å²) in [5.41, 5.74) is 1.71. The Balaban J connectivity index is 1.46. The van der Waals surface area contributed by atoms with Crippen LogP contribution < -0.4 is 14.8 Å². The average Bonchev–Trinajstić information content (AvgIpc) is 3.13. The van der Waals surface area contributed by atoms with Gasteiger partial charge in [0.1, 0.15) is 19.0 Å². The number of ether oxygens (including phenoxy) is 2. The Labute approximate surface area is 240 Å². The highest BCUT2D eigenvalue weighted by Crippen LogP contribution is 2.39. The zero-order chi connectivity index (χ0) is 27.4. The normalized spacial score (nSPS) is 14.2. The number of halogens is 4. The molecule has 0 unspecified atom stereocenters. The smallest absolute Gasteiger partial charge is 0.294 e. The van der Waals surface area contributed by atoms with Gasteiger partial charge in [0.25, 0.3) is 11.1 Å². The molecule has 12 heteroatoms. The summed E-state index contributed by atoms with van der Waals surface area (Å²) in [5.74, 6) is -0.823. The van der Waals surface area contributed by atoms with E-state index in [-0.39, 0.29) is 11.5 Å². The maximum Gasteiger partial charge on any atom is 0.294 e. The molecule has 0 aromatic heterocycles. The van der Waals surface area contributed by atoms with Gasteiger partial charge in [-0.1, -0.05) is 29.3 Å². The van der Waals surface area contributed by atoms with Crippen LogP contribution in [0, 0.1) is 5.82 Å². The third-order valence-electron chi connectivity index (χ3n) is 5.22. The number of nitrogens with zero attached hydrogens (tertiary/aromatic N) is 1. The Kier molecular flexibility index (Phi) is 8.99. The fraction of sp³-hybridized carbons (Fsp3) is 0.115. The SMILES string of the molecule is COc1cc(/C=C2\SC(=O)N(CC(=O)Nc3ccc(F)cc3)C2=O)cc(Br)c1OCc1ccc(Cl)c(Cl)c1. The van der Waals surface area contributed by atoms with Crippen molar-refractivity contribution in [1.29, 1.82) is 0 Å². The zero-order valence-corrected chi connectivity index (χ0v) is 23.5. The van der Waals surface area contributed by atoms with Gasteiger partial charge in [0.2, 0.25) is 5.91 Å². The van der Waals surface area contributed by atoms with Gasteiger partial charge in [-0.3, -0.25) is 19.3 Å². The molecule has 7 nitrogen and oxygen atoms in total. The largest absolute Gasteiger partial charge is 0.493 e. The van der Waals surface area contributed by atoms with E-state index in [0.717, 1.165) is 22.2 Å². The van der Waals surface area contributed by atoms with Crippen LogP contribution in [0.5, 0.6) is 11.5 Å². The molecule has 4 rings (SSSR count). The minimum atomic E-state index is -0.607. The predicted molar refractivity (Wildman–Crippen MR) is 149 cm³/mol. The molecule has 1 aliphatic rings. The van der Waals surface area contributed by atoms with Crippen LogP contribution in [0.15, 0.2) is 64.0 Å². The minimum Gasteiger partial charge on any atom is -0.493 e. The minimum absolute atomic E-state index is 0.142. The van der Waals surface area contributed by atoms with Gasteiger partial charge in [0.05, 0.1) is 26.5 Å². The molecule has 0 radical (unpaired) electrons. The van der Waals surface area contributed by atoms with E-state index in [9.17, 15) is 18.8 Å². The molecule has 0 spiro atoms. The van der Waals surface area contributed by atoms with Gasteiger partial charge in [-0.2, -0.15) is 0 Å². The fourth-order valence-corrected chi connectivity index (χ4v) is 5.15. The third-order valence-corrected chi connectivity index (χ3v) is 7.46. The van der Waals surface area contributed by atoms with Crippen LogP contribution in [0.1, 0.15) is 11.1 Å². The summed E-state index contributed by atoms with van der Waals surface area (Å²) in [6.07, 6.45) is 1.53. The van der Waals surface area contributed by atoms with Crippen molar-refractivity contribution in [2.45, 2.75) is 6.61 Å². The molecule has 0 aliphatic carbocycles. The predicted octanol–water partition coefficient (Wildman–Crippen LogP) is 7.16. The quantitative estimate of drug-likeness (QED) is 0.263. The topological polar surface area (TPSA) is 84.9 Å². The number of anilines is 1. The lowest BCUT2D eigenvalue weighted by molar-refractivity contribution is -0.127. The van der Waals surface area contributed by atoms with E-state index in [1.54, 1.807) is 30.3 Å². The van der Waals surface area contributed by atoms with E-state index in [0.29, 0.717) is 37.3 Å². The second-order valence-electron chi connectivity index (χ2n) is 7.89. The lowest BCUT2D eigenvalue weighted by Gasteiger charge is -2.14. The molecule has 1 heterocycles. The molecule has 38 heavy (non-hydrogen) atoms. The zero-order valence-electron chi connectivity index (χ0n) is 19.6. The number of rotatable bonds is 8. The van der Waals surface area contributed by atoms with Crippen molar-refractivity contribution in [3.05, 3.63) is 91.0 Å². The Morgan fingerprint density at radius 2 is 1.84 bits per heavy atom. The molecule has 3 amide bonds. The maximum atomic E-state index is 13.1. The number of methoxy groups -OCH3 is 1. The molecular weight excluding hydrogens is 622 g/mol. The maximum absolute atomic E-state index is 13.1. The van der Waals surface area contributed by atoms with Crippen molar-refractivity contribution in [2.24, 2.45) is 0 Å². The number of hydrogen-bond donors (Lipinski definition) is 1. The lowest BCUT2D eigenvalue weighted by Crippen LogP contribution is -2.36. The first-order valence-corrected chi connectivity index (χ1v) is 13.3. The van der Waals surface area contributed by atoms with Crippen molar-refractivity contribution in [2.75, 3.05) is 19.0 Å². The van der Waals surface area contributed by atoms with Crippen molar-refractivity contribution in [1.82, 2.24) is 4.90 Å². The number of benzene rings is 3. The van der Waals surface area contributed by atoms with E-state index in [1.807, 2.05) is 0 Å². The molecule has 1 saturated heterocycles. The Bertz CT molecular complexity index is 1450. The summed E-state index contributed by atoms with van der Waals surface area (Å²) in [4.78, 5) is 38.7. The van der Waals surface area contributed by atoms with Crippen molar-refractivity contribution >= 4 is 79.7 Å². The van der Waals surface area contributed by atoms with Crippen molar-refractivity contribution in [3.8, 4) is 11.5 Å². The van der Waals surface area contributed by atoms with Crippen LogP contribution in [0.25, 0.3) is 6.08 Å². The van der Waals surface area contributed by atoms with Crippen molar-refractivity contribution < 1.29 is 28.2 Å². The molecular formula is C26H18BrCl2FN2O5S.